The summed E-state index contributed by atoms with van der Waals surface area (Å²) >= 11 is 1.66. The summed E-state index contributed by atoms with van der Waals surface area (Å²) < 4.78 is 30.0. The fourth-order valence-corrected chi connectivity index (χ4v) is 8.56. The van der Waals surface area contributed by atoms with E-state index in [9.17, 15) is 18.5 Å². The topological polar surface area (TPSA) is 149 Å². The monoisotopic (exact) mass is 783 g/mol. The second kappa shape index (κ2) is 18.1. The molecule has 0 bridgehead atoms. The second-order valence-corrected chi connectivity index (χ2v) is 17.0. The van der Waals surface area contributed by atoms with E-state index in [0.29, 0.717) is 22.7 Å². The molecule has 0 unspecified atom stereocenters. The van der Waals surface area contributed by atoms with Crippen molar-refractivity contribution in [3.05, 3.63) is 113 Å². The molecule has 1 aromatic heterocycles. The van der Waals surface area contributed by atoms with E-state index in [4.69, 9.17) is 0 Å². The molecule has 0 saturated carbocycles. The average Bonchev–Trinajstić information content (AvgIpc) is 3.17. The third-order valence-electron chi connectivity index (χ3n) is 9.40. The number of benzene rings is 4. The van der Waals surface area contributed by atoms with Gasteiger partial charge in [0.25, 0.3) is 15.7 Å². The Labute approximate surface area is 327 Å². The van der Waals surface area contributed by atoms with Gasteiger partial charge >= 0.3 is 0 Å². The molecule has 4 aromatic carbocycles. The highest BCUT2D eigenvalue weighted by Gasteiger charge is 2.25. The first-order valence-electron chi connectivity index (χ1n) is 18.4. The van der Waals surface area contributed by atoms with Crippen molar-refractivity contribution in [1.29, 1.82) is 0 Å². The van der Waals surface area contributed by atoms with Crippen molar-refractivity contribution in [3.8, 4) is 0 Å². The zero-order valence-electron chi connectivity index (χ0n) is 31.7. The molecule has 55 heavy (non-hydrogen) atoms. The fraction of sp³-hybridized carbons (Fsp3) is 0.350. The molecule has 3 N–H and O–H groups in total. The summed E-state index contributed by atoms with van der Waals surface area (Å²) in [5.74, 6) is 0.766. The van der Waals surface area contributed by atoms with Crippen LogP contribution in [-0.2, 0) is 16.6 Å². The summed E-state index contributed by atoms with van der Waals surface area (Å²) in [5.41, 5.74) is 3.96. The van der Waals surface area contributed by atoms with E-state index in [-0.39, 0.29) is 28.1 Å². The molecule has 13 nitrogen and oxygen atoms in total. The predicted molar refractivity (Wildman–Crippen MR) is 224 cm³/mol. The Morgan fingerprint density at radius 1 is 0.891 bits per heavy atom. The first-order valence-corrected chi connectivity index (χ1v) is 20.9. The van der Waals surface area contributed by atoms with E-state index in [1.807, 2.05) is 62.6 Å². The number of hydrogen-bond donors (Lipinski definition) is 3. The predicted octanol–water partition coefficient (Wildman–Crippen LogP) is 7.01. The number of nitrogens with zero attached hydrogens (tertiary/aromatic N) is 6. The van der Waals surface area contributed by atoms with Crippen molar-refractivity contribution >= 4 is 61.3 Å². The van der Waals surface area contributed by atoms with Crippen molar-refractivity contribution in [1.82, 2.24) is 19.8 Å². The van der Waals surface area contributed by atoms with Crippen LogP contribution in [0.15, 0.2) is 107 Å². The summed E-state index contributed by atoms with van der Waals surface area (Å²) in [6, 6.07) is 28.3. The Kier molecular flexibility index (Phi) is 13.1. The van der Waals surface area contributed by atoms with Crippen molar-refractivity contribution in [2.75, 3.05) is 72.8 Å². The minimum absolute atomic E-state index is 0.0987. The van der Waals surface area contributed by atoms with Gasteiger partial charge in [0.1, 0.15) is 12.0 Å². The molecule has 15 heteroatoms. The lowest BCUT2D eigenvalue weighted by Crippen LogP contribution is -2.46. The van der Waals surface area contributed by atoms with Crippen LogP contribution in [0.3, 0.4) is 0 Å². The van der Waals surface area contributed by atoms with Gasteiger partial charge in [-0.1, -0.05) is 36.4 Å². The van der Waals surface area contributed by atoms with Gasteiger partial charge < -0.3 is 20.4 Å². The number of para-hydroxylation sites is 1. The van der Waals surface area contributed by atoms with Gasteiger partial charge in [-0.3, -0.25) is 19.7 Å². The summed E-state index contributed by atoms with van der Waals surface area (Å²) in [6.07, 6.45) is 2.05. The largest absolute Gasteiger partial charge is 0.383 e. The molecule has 1 saturated heterocycles. The van der Waals surface area contributed by atoms with Crippen LogP contribution < -0.4 is 20.3 Å². The van der Waals surface area contributed by atoms with Crippen LogP contribution in [0, 0.1) is 10.1 Å². The van der Waals surface area contributed by atoms with Gasteiger partial charge in [-0.2, -0.15) is 0 Å². The number of thioether (sulfide) groups is 1. The van der Waals surface area contributed by atoms with Crippen molar-refractivity contribution in [2.24, 2.45) is 0 Å². The number of nitrogens with one attached hydrogen (secondary N) is 3. The molecule has 6 rings (SSSR count). The highest BCUT2D eigenvalue weighted by atomic mass is 32.2. The van der Waals surface area contributed by atoms with E-state index in [2.05, 4.69) is 78.1 Å². The van der Waals surface area contributed by atoms with Crippen molar-refractivity contribution < 1.29 is 13.3 Å². The molecule has 1 atom stereocenters. The number of sulfonamides is 1. The van der Waals surface area contributed by atoms with Gasteiger partial charge in [0.05, 0.1) is 15.3 Å². The Hall–Kier alpha value is -4.96. The number of nitro groups is 1. The minimum atomic E-state index is -4.25. The first kappa shape index (κ1) is 39.7. The molecule has 1 aliphatic rings. The standard InChI is InChI=1S/C40H49N9O4S2/c1-29(2)43-36-13-9-8-10-30(36)26-47-20-22-48(23-21-47)32-14-16-35-38(24-32)41-28-42-40(35)45-55(52,53)34-15-17-37(39(25-34)49(50)51)44-31(18-19-46(3)4)27-54-33-11-6-5-7-12-33/h5-17,24-25,28-29,31,43-44H,18-23,26-27H2,1-4H3,(H,41,42,45)/t31-/m1/s1. The highest BCUT2D eigenvalue weighted by Crippen LogP contribution is 2.32. The van der Waals surface area contributed by atoms with Crippen LogP contribution in [-0.4, -0.2) is 97.8 Å². The lowest BCUT2D eigenvalue weighted by molar-refractivity contribution is -0.384. The van der Waals surface area contributed by atoms with E-state index < -0.39 is 14.9 Å². The zero-order valence-corrected chi connectivity index (χ0v) is 33.3. The molecule has 290 valence electrons. The van der Waals surface area contributed by atoms with E-state index in [1.165, 1.54) is 29.7 Å². The zero-order chi connectivity index (χ0) is 39.0. The lowest BCUT2D eigenvalue weighted by atomic mass is 10.1. The second-order valence-electron chi connectivity index (χ2n) is 14.2. The van der Waals surface area contributed by atoms with Gasteiger partial charge in [0, 0.05) is 78.3 Å². The number of aromatic nitrogens is 2. The van der Waals surface area contributed by atoms with Gasteiger partial charge in [-0.05, 0) is 95.0 Å². The van der Waals surface area contributed by atoms with Crippen LogP contribution in [0.25, 0.3) is 10.9 Å². The number of rotatable bonds is 17. The number of anilines is 4. The van der Waals surface area contributed by atoms with Crippen LogP contribution in [0.1, 0.15) is 25.8 Å². The molecule has 0 aliphatic carbocycles. The number of fused-ring (bicyclic) bond motifs is 1. The molecular formula is C40H49N9O4S2. The Morgan fingerprint density at radius 2 is 1.64 bits per heavy atom. The molecule has 5 aromatic rings. The maximum atomic E-state index is 13.7. The van der Waals surface area contributed by atoms with Crippen molar-refractivity contribution in [3.63, 3.8) is 0 Å². The first-order chi connectivity index (χ1) is 26.4. The third kappa shape index (κ3) is 10.6. The van der Waals surface area contributed by atoms with Crippen LogP contribution in [0.2, 0.25) is 0 Å². The molecule has 1 aliphatic heterocycles. The summed E-state index contributed by atoms with van der Waals surface area (Å²) in [6.45, 7) is 9.39. The van der Waals surface area contributed by atoms with E-state index in [0.717, 1.165) is 62.3 Å². The smallest absolute Gasteiger partial charge is 0.293 e. The number of nitro benzene ring substituents is 1. The van der Waals surface area contributed by atoms with E-state index in [1.54, 1.807) is 11.8 Å². The summed E-state index contributed by atoms with van der Waals surface area (Å²) in [7, 11) is -0.293. The molecule has 1 fully saturated rings. The number of hydrogen-bond acceptors (Lipinski definition) is 12. The molecule has 0 radical (unpaired) electrons. The lowest BCUT2D eigenvalue weighted by Gasteiger charge is -2.36. The normalized spacial score (nSPS) is 14.3. The Balaban J connectivity index is 1.14. The Bertz CT molecular complexity index is 2180. The third-order valence-corrected chi connectivity index (χ3v) is 11.9. The van der Waals surface area contributed by atoms with Gasteiger partial charge in [-0.15, -0.1) is 11.8 Å². The average molecular weight is 784 g/mol. The van der Waals surface area contributed by atoms with Gasteiger partial charge in [-0.25, -0.2) is 18.4 Å². The van der Waals surface area contributed by atoms with Crippen LogP contribution in [0.5, 0.6) is 0 Å². The van der Waals surface area contributed by atoms with E-state index >= 15 is 0 Å². The molecular weight excluding hydrogens is 735 g/mol. The summed E-state index contributed by atoms with van der Waals surface area (Å²) in [5, 5.41) is 19.7. The SMILES string of the molecule is CC(C)Nc1ccccc1CN1CCN(c2ccc3c(NS(=O)(=O)c4ccc(N[C@H](CCN(C)C)CSc5ccccc5)c([N+](=O)[O-])c4)ncnc3c2)CC1. The molecule has 2 heterocycles. The number of piperazine rings is 1. The Morgan fingerprint density at radius 3 is 2.36 bits per heavy atom. The fourth-order valence-electron chi connectivity index (χ4n) is 6.52. The quantitative estimate of drug-likeness (QED) is 0.0506. The molecule has 0 amide bonds. The van der Waals surface area contributed by atoms with Gasteiger partial charge in [0.2, 0.25) is 0 Å². The maximum absolute atomic E-state index is 13.7. The highest BCUT2D eigenvalue weighted by molar-refractivity contribution is 7.99. The van der Waals surface area contributed by atoms with Crippen LogP contribution in [0.4, 0.5) is 28.6 Å². The maximum Gasteiger partial charge on any atom is 0.293 e. The molecule has 0 spiro atoms. The summed E-state index contributed by atoms with van der Waals surface area (Å²) in [4.78, 5) is 28.1. The van der Waals surface area contributed by atoms with Gasteiger partial charge in [0.15, 0.2) is 5.82 Å². The van der Waals surface area contributed by atoms with Crippen molar-refractivity contribution in [2.45, 2.75) is 48.7 Å². The van der Waals surface area contributed by atoms with Crippen LogP contribution >= 0.6 is 11.8 Å². The minimum Gasteiger partial charge on any atom is -0.383 e.